The SMILES string of the molecule is O=C(c1ccc(OCCOc2ccccc2)cc1)N1CCCC1. The van der Waals surface area contributed by atoms with Crippen molar-refractivity contribution in [1.29, 1.82) is 0 Å². The number of benzene rings is 2. The van der Waals surface area contributed by atoms with Gasteiger partial charge in [0.15, 0.2) is 0 Å². The lowest BCUT2D eigenvalue weighted by molar-refractivity contribution is 0.0793. The van der Waals surface area contributed by atoms with E-state index in [-0.39, 0.29) is 5.91 Å². The predicted octanol–water partition coefficient (Wildman–Crippen LogP) is 3.38. The van der Waals surface area contributed by atoms with Gasteiger partial charge in [0.05, 0.1) is 0 Å². The van der Waals surface area contributed by atoms with Gasteiger partial charge >= 0.3 is 0 Å². The van der Waals surface area contributed by atoms with Crippen molar-refractivity contribution in [3.8, 4) is 11.5 Å². The maximum Gasteiger partial charge on any atom is 0.253 e. The van der Waals surface area contributed by atoms with Gasteiger partial charge in [-0.25, -0.2) is 0 Å². The summed E-state index contributed by atoms with van der Waals surface area (Å²) in [7, 11) is 0. The fourth-order valence-electron chi connectivity index (χ4n) is 2.63. The Morgan fingerprint density at radius 1 is 0.826 bits per heavy atom. The van der Waals surface area contributed by atoms with Gasteiger partial charge in [0, 0.05) is 18.7 Å². The highest BCUT2D eigenvalue weighted by atomic mass is 16.5. The Morgan fingerprint density at radius 3 is 2.00 bits per heavy atom. The quantitative estimate of drug-likeness (QED) is 0.768. The molecule has 0 radical (unpaired) electrons. The molecule has 0 atom stereocenters. The molecule has 4 heteroatoms. The van der Waals surface area contributed by atoms with E-state index in [2.05, 4.69) is 0 Å². The number of carbonyl (C=O) groups excluding carboxylic acids is 1. The summed E-state index contributed by atoms with van der Waals surface area (Å²) in [6, 6.07) is 17.0. The number of nitrogens with zero attached hydrogens (tertiary/aromatic N) is 1. The Bertz CT molecular complexity index is 619. The van der Waals surface area contributed by atoms with Crippen molar-refractivity contribution in [2.24, 2.45) is 0 Å². The summed E-state index contributed by atoms with van der Waals surface area (Å²) in [4.78, 5) is 14.1. The summed E-state index contributed by atoms with van der Waals surface area (Å²) in [5, 5.41) is 0. The van der Waals surface area contributed by atoms with E-state index in [4.69, 9.17) is 9.47 Å². The van der Waals surface area contributed by atoms with Crippen molar-refractivity contribution >= 4 is 5.91 Å². The molecule has 1 amide bonds. The van der Waals surface area contributed by atoms with Crippen molar-refractivity contribution in [1.82, 2.24) is 4.90 Å². The van der Waals surface area contributed by atoms with Gasteiger partial charge in [-0.3, -0.25) is 4.79 Å². The molecule has 2 aromatic rings. The predicted molar refractivity (Wildman–Crippen MR) is 89.0 cm³/mol. The van der Waals surface area contributed by atoms with Crippen LogP contribution in [0.5, 0.6) is 11.5 Å². The van der Waals surface area contributed by atoms with Crippen LogP contribution in [0.4, 0.5) is 0 Å². The van der Waals surface area contributed by atoms with E-state index in [9.17, 15) is 4.79 Å². The maximum absolute atomic E-state index is 12.2. The van der Waals surface area contributed by atoms with Gasteiger partial charge in [-0.1, -0.05) is 18.2 Å². The Balaban J connectivity index is 1.45. The molecule has 1 fully saturated rings. The van der Waals surface area contributed by atoms with Crippen LogP contribution in [0, 0.1) is 0 Å². The first-order valence-corrected chi connectivity index (χ1v) is 8.03. The third kappa shape index (κ3) is 4.25. The van der Waals surface area contributed by atoms with Crippen LogP contribution in [0.3, 0.4) is 0 Å². The summed E-state index contributed by atoms with van der Waals surface area (Å²) in [6.07, 6.45) is 2.21. The average molecular weight is 311 g/mol. The molecule has 0 bridgehead atoms. The molecule has 120 valence electrons. The zero-order valence-corrected chi connectivity index (χ0v) is 13.1. The topological polar surface area (TPSA) is 38.8 Å². The van der Waals surface area contributed by atoms with Gasteiger partial charge in [-0.15, -0.1) is 0 Å². The fourth-order valence-corrected chi connectivity index (χ4v) is 2.63. The second-order valence-electron chi connectivity index (χ2n) is 5.53. The van der Waals surface area contributed by atoms with E-state index in [1.54, 1.807) is 0 Å². The summed E-state index contributed by atoms with van der Waals surface area (Å²) in [5.74, 6) is 1.70. The molecular weight excluding hydrogens is 290 g/mol. The van der Waals surface area contributed by atoms with E-state index < -0.39 is 0 Å². The lowest BCUT2D eigenvalue weighted by Crippen LogP contribution is -2.27. The normalized spacial score (nSPS) is 13.8. The van der Waals surface area contributed by atoms with E-state index in [1.807, 2.05) is 59.5 Å². The van der Waals surface area contributed by atoms with Gasteiger partial charge in [0.1, 0.15) is 24.7 Å². The van der Waals surface area contributed by atoms with Crippen molar-refractivity contribution in [3.05, 3.63) is 60.2 Å². The molecule has 0 saturated carbocycles. The molecule has 1 aliphatic rings. The smallest absolute Gasteiger partial charge is 0.253 e. The molecule has 0 N–H and O–H groups in total. The van der Waals surface area contributed by atoms with Crippen LogP contribution in [0.15, 0.2) is 54.6 Å². The third-order valence-electron chi connectivity index (χ3n) is 3.86. The number of carbonyl (C=O) groups is 1. The van der Waals surface area contributed by atoms with Crippen LogP contribution >= 0.6 is 0 Å². The van der Waals surface area contributed by atoms with Crippen molar-refractivity contribution in [3.63, 3.8) is 0 Å². The number of ether oxygens (including phenoxy) is 2. The number of likely N-dealkylation sites (tertiary alicyclic amines) is 1. The van der Waals surface area contributed by atoms with E-state index >= 15 is 0 Å². The van der Waals surface area contributed by atoms with Crippen LogP contribution in [0.2, 0.25) is 0 Å². The first-order valence-electron chi connectivity index (χ1n) is 8.03. The van der Waals surface area contributed by atoms with Crippen LogP contribution in [0.25, 0.3) is 0 Å². The molecule has 3 rings (SSSR count). The Kier molecular flexibility index (Phi) is 5.14. The van der Waals surface area contributed by atoms with Crippen molar-refractivity contribution in [2.45, 2.75) is 12.8 Å². The Morgan fingerprint density at radius 2 is 1.39 bits per heavy atom. The zero-order valence-electron chi connectivity index (χ0n) is 13.1. The van der Waals surface area contributed by atoms with Gasteiger partial charge in [0.2, 0.25) is 0 Å². The average Bonchev–Trinajstić information content (AvgIpc) is 3.14. The van der Waals surface area contributed by atoms with E-state index in [1.165, 1.54) is 0 Å². The van der Waals surface area contributed by atoms with E-state index in [0.717, 1.165) is 43.0 Å². The molecule has 2 aromatic carbocycles. The molecule has 4 nitrogen and oxygen atoms in total. The van der Waals surface area contributed by atoms with E-state index in [0.29, 0.717) is 13.2 Å². The highest BCUT2D eigenvalue weighted by Crippen LogP contribution is 2.16. The highest BCUT2D eigenvalue weighted by Gasteiger charge is 2.19. The number of para-hydroxylation sites is 1. The molecule has 23 heavy (non-hydrogen) atoms. The number of hydrogen-bond acceptors (Lipinski definition) is 3. The fraction of sp³-hybridized carbons (Fsp3) is 0.316. The standard InChI is InChI=1S/C19H21NO3/c21-19(20-12-4-5-13-20)16-8-10-18(11-9-16)23-15-14-22-17-6-2-1-3-7-17/h1-3,6-11H,4-5,12-15H2. The van der Waals surface area contributed by atoms with Crippen molar-refractivity contribution in [2.75, 3.05) is 26.3 Å². The number of rotatable bonds is 6. The minimum Gasteiger partial charge on any atom is -0.490 e. The van der Waals surface area contributed by atoms with Crippen LogP contribution in [-0.4, -0.2) is 37.1 Å². The number of hydrogen-bond donors (Lipinski definition) is 0. The second kappa shape index (κ2) is 7.68. The number of amides is 1. The second-order valence-corrected chi connectivity index (χ2v) is 5.53. The monoisotopic (exact) mass is 311 g/mol. The third-order valence-corrected chi connectivity index (χ3v) is 3.86. The largest absolute Gasteiger partial charge is 0.490 e. The lowest BCUT2D eigenvalue weighted by Gasteiger charge is -2.15. The van der Waals surface area contributed by atoms with Gasteiger partial charge < -0.3 is 14.4 Å². The highest BCUT2D eigenvalue weighted by molar-refractivity contribution is 5.94. The van der Waals surface area contributed by atoms with Crippen LogP contribution in [-0.2, 0) is 0 Å². The van der Waals surface area contributed by atoms with Crippen LogP contribution in [0.1, 0.15) is 23.2 Å². The summed E-state index contributed by atoms with van der Waals surface area (Å²) in [6.45, 7) is 2.69. The minimum atomic E-state index is 0.112. The summed E-state index contributed by atoms with van der Waals surface area (Å²) < 4.78 is 11.2. The maximum atomic E-state index is 12.2. The zero-order chi connectivity index (χ0) is 15.9. The molecule has 1 saturated heterocycles. The molecule has 0 spiro atoms. The molecule has 0 aromatic heterocycles. The first-order chi connectivity index (χ1) is 11.3. The van der Waals surface area contributed by atoms with Crippen molar-refractivity contribution < 1.29 is 14.3 Å². The van der Waals surface area contributed by atoms with Gasteiger partial charge in [-0.05, 0) is 49.2 Å². The van der Waals surface area contributed by atoms with Crippen LogP contribution < -0.4 is 9.47 Å². The summed E-state index contributed by atoms with van der Waals surface area (Å²) in [5.41, 5.74) is 0.722. The Labute approximate surface area is 136 Å². The molecular formula is C19H21NO3. The minimum absolute atomic E-state index is 0.112. The molecule has 0 aliphatic carbocycles. The lowest BCUT2D eigenvalue weighted by atomic mass is 10.2. The molecule has 1 heterocycles. The summed E-state index contributed by atoms with van der Waals surface area (Å²) >= 11 is 0. The van der Waals surface area contributed by atoms with Gasteiger partial charge in [-0.2, -0.15) is 0 Å². The molecule has 1 aliphatic heterocycles. The van der Waals surface area contributed by atoms with Gasteiger partial charge in [0.25, 0.3) is 5.91 Å². The molecule has 0 unspecified atom stereocenters. The first kappa shape index (κ1) is 15.4. The Hall–Kier alpha value is -2.49.